The van der Waals surface area contributed by atoms with Gasteiger partial charge in [-0.05, 0) is 23.1 Å². The molecule has 2 heterocycles. The van der Waals surface area contributed by atoms with Crippen LogP contribution in [0.1, 0.15) is 37.8 Å². The predicted molar refractivity (Wildman–Crippen MR) is 116 cm³/mol. The third kappa shape index (κ3) is 2.70. The molecule has 1 saturated heterocycles. The number of rotatable bonds is 3. The van der Waals surface area contributed by atoms with Crippen LogP contribution in [0.5, 0.6) is 0 Å². The summed E-state index contributed by atoms with van der Waals surface area (Å²) in [5.74, 6) is -0.449. The molecule has 5 rings (SSSR count). The zero-order valence-electron chi connectivity index (χ0n) is 17.8. The third-order valence-corrected chi connectivity index (χ3v) is 7.32. The molecule has 0 aromatic heterocycles. The Bertz CT molecular complexity index is 960. The number of hydrogen-bond donors (Lipinski definition) is 0. The van der Waals surface area contributed by atoms with Crippen LogP contribution in [0, 0.1) is 5.41 Å². The Kier molecular flexibility index (Phi) is 4.60. The largest absolute Gasteiger partial charge is 0.347 e. The van der Waals surface area contributed by atoms with Gasteiger partial charge in [0, 0.05) is 24.9 Å². The SMILES string of the molecule is CC1(C)C2=CCN(Cc3ccccc3)C(=O)C2(c2ccccc2)CCC12OCCO2. The van der Waals surface area contributed by atoms with Gasteiger partial charge in [-0.25, -0.2) is 0 Å². The van der Waals surface area contributed by atoms with Crippen molar-refractivity contribution in [2.75, 3.05) is 19.8 Å². The Morgan fingerprint density at radius 2 is 1.53 bits per heavy atom. The molecule has 4 nitrogen and oxygen atoms in total. The summed E-state index contributed by atoms with van der Waals surface area (Å²) in [5.41, 5.74) is 2.30. The van der Waals surface area contributed by atoms with Gasteiger partial charge in [0.05, 0.1) is 18.6 Å². The van der Waals surface area contributed by atoms with Gasteiger partial charge in [-0.15, -0.1) is 0 Å². The summed E-state index contributed by atoms with van der Waals surface area (Å²) in [7, 11) is 0. The van der Waals surface area contributed by atoms with Crippen molar-refractivity contribution in [1.29, 1.82) is 0 Å². The van der Waals surface area contributed by atoms with E-state index in [0.717, 1.165) is 16.7 Å². The molecular weight excluding hydrogens is 374 g/mol. The minimum Gasteiger partial charge on any atom is -0.347 e. The van der Waals surface area contributed by atoms with E-state index in [4.69, 9.17) is 9.47 Å². The number of fused-ring (bicyclic) bond motifs is 1. The number of hydrogen-bond acceptors (Lipinski definition) is 3. The molecule has 2 fully saturated rings. The van der Waals surface area contributed by atoms with Crippen molar-refractivity contribution in [3.63, 3.8) is 0 Å². The van der Waals surface area contributed by atoms with Crippen LogP contribution in [0.4, 0.5) is 0 Å². The number of amides is 1. The Labute approximate surface area is 178 Å². The first-order chi connectivity index (χ1) is 14.5. The average Bonchev–Trinajstić information content (AvgIpc) is 3.25. The van der Waals surface area contributed by atoms with Crippen molar-refractivity contribution < 1.29 is 14.3 Å². The van der Waals surface area contributed by atoms with Crippen LogP contribution in [-0.4, -0.2) is 36.4 Å². The van der Waals surface area contributed by atoms with Gasteiger partial charge in [-0.1, -0.05) is 80.6 Å². The molecule has 3 aliphatic rings. The molecule has 4 heteroatoms. The van der Waals surface area contributed by atoms with Crippen LogP contribution in [0.15, 0.2) is 72.3 Å². The van der Waals surface area contributed by atoms with Crippen LogP contribution in [0.2, 0.25) is 0 Å². The highest BCUT2D eigenvalue weighted by Crippen LogP contribution is 2.60. The maximum atomic E-state index is 14.2. The Morgan fingerprint density at radius 1 is 0.900 bits per heavy atom. The number of carbonyl (C=O) groups excluding carboxylic acids is 1. The van der Waals surface area contributed by atoms with E-state index in [0.29, 0.717) is 39.1 Å². The monoisotopic (exact) mass is 403 g/mol. The molecule has 1 amide bonds. The molecule has 1 spiro atoms. The van der Waals surface area contributed by atoms with Gasteiger partial charge >= 0.3 is 0 Å². The fraction of sp³-hybridized carbons (Fsp3) is 0.423. The van der Waals surface area contributed by atoms with Gasteiger partial charge in [0.2, 0.25) is 5.91 Å². The van der Waals surface area contributed by atoms with E-state index in [1.807, 2.05) is 41.3 Å². The molecule has 1 saturated carbocycles. The summed E-state index contributed by atoms with van der Waals surface area (Å²) < 4.78 is 12.4. The highest BCUT2D eigenvalue weighted by molar-refractivity contribution is 5.94. The lowest BCUT2D eigenvalue weighted by atomic mass is 9.53. The van der Waals surface area contributed by atoms with Crippen molar-refractivity contribution in [3.05, 3.63) is 83.4 Å². The van der Waals surface area contributed by atoms with Gasteiger partial charge < -0.3 is 14.4 Å². The van der Waals surface area contributed by atoms with Crippen molar-refractivity contribution in [1.82, 2.24) is 4.90 Å². The first-order valence-corrected chi connectivity index (χ1v) is 10.9. The Morgan fingerprint density at radius 3 is 2.20 bits per heavy atom. The van der Waals surface area contributed by atoms with Gasteiger partial charge in [0.15, 0.2) is 5.79 Å². The lowest BCUT2D eigenvalue weighted by Crippen LogP contribution is -2.62. The maximum Gasteiger partial charge on any atom is 0.237 e. The molecule has 2 aliphatic heterocycles. The highest BCUT2D eigenvalue weighted by atomic mass is 16.7. The van der Waals surface area contributed by atoms with Crippen LogP contribution in [0.3, 0.4) is 0 Å². The first-order valence-electron chi connectivity index (χ1n) is 10.9. The van der Waals surface area contributed by atoms with Crippen molar-refractivity contribution in [2.45, 2.75) is 44.4 Å². The van der Waals surface area contributed by atoms with Gasteiger partial charge in [0.1, 0.15) is 0 Å². The van der Waals surface area contributed by atoms with E-state index in [1.54, 1.807) is 0 Å². The molecule has 2 aromatic rings. The predicted octanol–water partition coefficient (Wildman–Crippen LogP) is 4.46. The molecule has 1 aliphatic carbocycles. The molecule has 0 radical (unpaired) electrons. The second kappa shape index (κ2) is 7.07. The molecule has 0 bridgehead atoms. The fourth-order valence-electron chi connectivity index (χ4n) is 5.79. The molecule has 30 heavy (non-hydrogen) atoms. The summed E-state index contributed by atoms with van der Waals surface area (Å²) in [6, 6.07) is 20.5. The van der Waals surface area contributed by atoms with E-state index < -0.39 is 16.6 Å². The minimum atomic E-state index is -0.668. The van der Waals surface area contributed by atoms with Crippen molar-refractivity contribution in [3.8, 4) is 0 Å². The highest BCUT2D eigenvalue weighted by Gasteiger charge is 2.64. The molecular formula is C26H29NO3. The van der Waals surface area contributed by atoms with E-state index in [2.05, 4.69) is 44.2 Å². The zero-order chi connectivity index (χ0) is 20.8. The maximum absolute atomic E-state index is 14.2. The number of benzene rings is 2. The van der Waals surface area contributed by atoms with Crippen molar-refractivity contribution in [2.24, 2.45) is 5.41 Å². The second-order valence-electron chi connectivity index (χ2n) is 9.14. The van der Waals surface area contributed by atoms with Crippen LogP contribution in [0.25, 0.3) is 0 Å². The molecule has 156 valence electrons. The van der Waals surface area contributed by atoms with Crippen molar-refractivity contribution >= 4 is 5.91 Å². The van der Waals surface area contributed by atoms with Crippen LogP contribution < -0.4 is 0 Å². The molecule has 0 N–H and O–H groups in total. The van der Waals surface area contributed by atoms with E-state index in [1.165, 1.54) is 0 Å². The Balaban J connectivity index is 1.62. The van der Waals surface area contributed by atoms with Gasteiger partial charge in [-0.3, -0.25) is 4.79 Å². The lowest BCUT2D eigenvalue weighted by Gasteiger charge is -2.57. The standard InChI is InChI=1S/C26H29NO3/c1-24(2)22-13-16-27(19-20-9-5-3-6-10-20)23(28)25(22,21-11-7-4-8-12-21)14-15-26(24)29-17-18-30-26/h3-13H,14-19H2,1-2H3. The summed E-state index contributed by atoms with van der Waals surface area (Å²) in [4.78, 5) is 16.2. The van der Waals surface area contributed by atoms with E-state index >= 15 is 0 Å². The molecule has 1 atom stereocenters. The van der Waals surface area contributed by atoms with Crippen LogP contribution in [-0.2, 0) is 26.2 Å². The number of carbonyl (C=O) groups is 1. The summed E-state index contributed by atoms with van der Waals surface area (Å²) in [6.07, 6.45) is 3.66. The summed E-state index contributed by atoms with van der Waals surface area (Å²) >= 11 is 0. The summed E-state index contributed by atoms with van der Waals surface area (Å²) in [6.45, 7) is 6.82. The smallest absolute Gasteiger partial charge is 0.237 e. The fourth-order valence-corrected chi connectivity index (χ4v) is 5.79. The second-order valence-corrected chi connectivity index (χ2v) is 9.14. The number of nitrogens with zero attached hydrogens (tertiary/aromatic N) is 1. The third-order valence-electron chi connectivity index (χ3n) is 7.32. The Hall–Kier alpha value is -2.43. The van der Waals surface area contributed by atoms with Gasteiger partial charge in [-0.2, -0.15) is 0 Å². The van der Waals surface area contributed by atoms with Gasteiger partial charge in [0.25, 0.3) is 0 Å². The number of ether oxygens (including phenoxy) is 2. The average molecular weight is 404 g/mol. The summed E-state index contributed by atoms with van der Waals surface area (Å²) in [5, 5.41) is 0. The molecule has 1 unspecified atom stereocenters. The first kappa shape index (κ1) is 19.5. The molecule has 2 aromatic carbocycles. The van der Waals surface area contributed by atoms with E-state index in [9.17, 15) is 4.79 Å². The zero-order valence-corrected chi connectivity index (χ0v) is 17.8. The minimum absolute atomic E-state index is 0.191. The van der Waals surface area contributed by atoms with E-state index in [-0.39, 0.29) is 5.91 Å². The van der Waals surface area contributed by atoms with Crippen LogP contribution >= 0.6 is 0 Å². The normalized spacial score (nSPS) is 27.1. The quantitative estimate of drug-likeness (QED) is 0.711. The topological polar surface area (TPSA) is 38.8 Å². The lowest BCUT2D eigenvalue weighted by molar-refractivity contribution is -0.236.